The minimum absolute atomic E-state index is 0.0361. The van der Waals surface area contributed by atoms with Crippen LogP contribution in [0.15, 0.2) is 42.5 Å². The fourth-order valence-electron chi connectivity index (χ4n) is 2.87. The summed E-state index contributed by atoms with van der Waals surface area (Å²) < 4.78 is 5.10. The number of primary amides is 1. The van der Waals surface area contributed by atoms with Gasteiger partial charge in [-0.2, -0.15) is 0 Å². The summed E-state index contributed by atoms with van der Waals surface area (Å²) in [5, 5.41) is 5.59. The SMILES string of the molecule is COc1ccc(NC(=O)NC[C@H](c2ccccc2C)N(C)C)cc1C(N)=O. The Kier molecular flexibility index (Phi) is 6.79. The molecule has 0 spiro atoms. The van der Waals surface area contributed by atoms with Gasteiger partial charge in [-0.1, -0.05) is 24.3 Å². The number of aryl methyl sites for hydroxylation is 1. The third kappa shape index (κ3) is 5.21. The molecule has 0 bridgehead atoms. The maximum Gasteiger partial charge on any atom is 0.319 e. The Morgan fingerprint density at radius 3 is 2.48 bits per heavy atom. The van der Waals surface area contributed by atoms with Gasteiger partial charge >= 0.3 is 6.03 Å². The smallest absolute Gasteiger partial charge is 0.319 e. The van der Waals surface area contributed by atoms with Crippen molar-refractivity contribution in [2.45, 2.75) is 13.0 Å². The van der Waals surface area contributed by atoms with E-state index in [0.29, 0.717) is 18.0 Å². The molecule has 0 radical (unpaired) electrons. The van der Waals surface area contributed by atoms with E-state index in [4.69, 9.17) is 10.5 Å². The topological polar surface area (TPSA) is 96.7 Å². The van der Waals surface area contributed by atoms with Crippen molar-refractivity contribution in [2.75, 3.05) is 33.1 Å². The van der Waals surface area contributed by atoms with Gasteiger partial charge in [-0.05, 0) is 50.3 Å². The van der Waals surface area contributed by atoms with E-state index < -0.39 is 5.91 Å². The molecule has 0 aromatic heterocycles. The third-order valence-corrected chi connectivity index (χ3v) is 4.35. The molecule has 0 fully saturated rings. The van der Waals surface area contributed by atoms with Crippen molar-refractivity contribution in [2.24, 2.45) is 5.73 Å². The maximum absolute atomic E-state index is 12.3. The van der Waals surface area contributed by atoms with Crippen molar-refractivity contribution in [3.8, 4) is 5.75 Å². The summed E-state index contributed by atoms with van der Waals surface area (Å²) in [5.41, 5.74) is 8.34. The van der Waals surface area contributed by atoms with Crippen LogP contribution in [0.2, 0.25) is 0 Å². The molecule has 1 atom stereocenters. The number of ether oxygens (including phenoxy) is 1. The lowest BCUT2D eigenvalue weighted by molar-refractivity contribution is 0.0997. The Bertz CT molecular complexity index is 821. The Morgan fingerprint density at radius 2 is 1.89 bits per heavy atom. The number of hydrogen-bond acceptors (Lipinski definition) is 4. The number of rotatable bonds is 7. The number of urea groups is 1. The maximum atomic E-state index is 12.3. The molecule has 0 saturated heterocycles. The minimum atomic E-state index is -0.622. The first-order valence-corrected chi connectivity index (χ1v) is 8.58. The average Bonchev–Trinajstić information content (AvgIpc) is 2.63. The standard InChI is InChI=1S/C20H26N4O3/c1-13-7-5-6-8-15(13)17(24(2)3)12-22-20(26)23-14-9-10-18(27-4)16(11-14)19(21)25/h5-11,17H,12H2,1-4H3,(H2,21,25)(H2,22,23,26)/t17-/m1/s1. The van der Waals surface area contributed by atoms with Gasteiger partial charge < -0.3 is 26.0 Å². The van der Waals surface area contributed by atoms with E-state index in [1.165, 1.54) is 18.7 Å². The monoisotopic (exact) mass is 370 g/mol. The zero-order valence-corrected chi connectivity index (χ0v) is 16.1. The highest BCUT2D eigenvalue weighted by molar-refractivity contribution is 5.98. The van der Waals surface area contributed by atoms with Crippen molar-refractivity contribution in [1.82, 2.24) is 10.2 Å². The van der Waals surface area contributed by atoms with Crippen molar-refractivity contribution in [1.29, 1.82) is 0 Å². The number of amides is 3. The largest absolute Gasteiger partial charge is 0.496 e. The number of carbonyl (C=O) groups excluding carboxylic acids is 2. The molecular formula is C20H26N4O3. The number of nitrogens with two attached hydrogens (primary N) is 1. The van der Waals surface area contributed by atoms with Crippen LogP contribution in [0.5, 0.6) is 5.75 Å². The molecule has 0 aliphatic rings. The third-order valence-electron chi connectivity index (χ3n) is 4.35. The van der Waals surface area contributed by atoms with E-state index >= 15 is 0 Å². The Hall–Kier alpha value is -3.06. The van der Waals surface area contributed by atoms with Crippen molar-refractivity contribution < 1.29 is 14.3 Å². The second-order valence-electron chi connectivity index (χ2n) is 6.45. The molecule has 2 aromatic rings. The molecule has 0 aliphatic heterocycles. The lowest BCUT2D eigenvalue weighted by atomic mass is 10.0. The average molecular weight is 370 g/mol. The zero-order chi connectivity index (χ0) is 20.0. The lowest BCUT2D eigenvalue weighted by Crippen LogP contribution is -2.37. The summed E-state index contributed by atoms with van der Waals surface area (Å²) in [6.07, 6.45) is 0. The van der Waals surface area contributed by atoms with Gasteiger partial charge in [0.1, 0.15) is 5.75 Å². The summed E-state index contributed by atoms with van der Waals surface area (Å²) in [6.45, 7) is 2.48. The highest BCUT2D eigenvalue weighted by atomic mass is 16.5. The lowest BCUT2D eigenvalue weighted by Gasteiger charge is -2.26. The van der Waals surface area contributed by atoms with Crippen LogP contribution in [0.3, 0.4) is 0 Å². The molecule has 144 valence electrons. The number of carbonyl (C=O) groups is 2. The molecule has 2 rings (SSSR count). The number of anilines is 1. The molecule has 3 amide bonds. The van der Waals surface area contributed by atoms with Gasteiger partial charge in [0.15, 0.2) is 0 Å². The molecule has 7 nitrogen and oxygen atoms in total. The van der Waals surface area contributed by atoms with Crippen LogP contribution in [-0.4, -0.2) is 44.6 Å². The summed E-state index contributed by atoms with van der Waals surface area (Å²) in [7, 11) is 5.40. The van der Waals surface area contributed by atoms with Gasteiger partial charge in [-0.3, -0.25) is 4.79 Å². The number of benzene rings is 2. The summed E-state index contributed by atoms with van der Waals surface area (Å²) in [4.78, 5) is 25.9. The quantitative estimate of drug-likeness (QED) is 0.698. The fraction of sp³-hybridized carbons (Fsp3) is 0.300. The fourth-order valence-corrected chi connectivity index (χ4v) is 2.87. The zero-order valence-electron chi connectivity index (χ0n) is 16.1. The first-order chi connectivity index (χ1) is 12.8. The van der Waals surface area contributed by atoms with Crippen LogP contribution in [0, 0.1) is 6.92 Å². The van der Waals surface area contributed by atoms with E-state index in [9.17, 15) is 9.59 Å². The van der Waals surface area contributed by atoms with Crippen molar-refractivity contribution in [3.63, 3.8) is 0 Å². The highest BCUT2D eigenvalue weighted by Gasteiger charge is 2.17. The molecule has 7 heteroatoms. The molecule has 4 N–H and O–H groups in total. The van der Waals surface area contributed by atoms with E-state index in [2.05, 4.69) is 34.6 Å². The van der Waals surface area contributed by atoms with Crippen molar-refractivity contribution in [3.05, 3.63) is 59.2 Å². The van der Waals surface area contributed by atoms with Gasteiger partial charge in [0.25, 0.3) is 5.91 Å². The van der Waals surface area contributed by atoms with Crippen LogP contribution in [0.4, 0.5) is 10.5 Å². The normalized spacial score (nSPS) is 11.7. The highest BCUT2D eigenvalue weighted by Crippen LogP contribution is 2.23. The second kappa shape index (κ2) is 9.05. The van der Waals surface area contributed by atoms with E-state index in [1.807, 2.05) is 26.2 Å². The van der Waals surface area contributed by atoms with Crippen LogP contribution in [0.1, 0.15) is 27.5 Å². The Balaban J connectivity index is 2.06. The summed E-state index contributed by atoms with van der Waals surface area (Å²) >= 11 is 0. The molecular weight excluding hydrogens is 344 g/mol. The van der Waals surface area contributed by atoms with Crippen LogP contribution in [-0.2, 0) is 0 Å². The van der Waals surface area contributed by atoms with Crippen LogP contribution >= 0.6 is 0 Å². The summed E-state index contributed by atoms with van der Waals surface area (Å²) in [5.74, 6) is -0.260. The van der Waals surface area contributed by atoms with E-state index in [1.54, 1.807) is 12.1 Å². The van der Waals surface area contributed by atoms with Crippen molar-refractivity contribution >= 4 is 17.6 Å². The first-order valence-electron chi connectivity index (χ1n) is 8.58. The van der Waals surface area contributed by atoms with Crippen LogP contribution in [0.25, 0.3) is 0 Å². The molecule has 0 heterocycles. The number of nitrogens with one attached hydrogen (secondary N) is 2. The van der Waals surface area contributed by atoms with Gasteiger partial charge in [-0.25, -0.2) is 4.79 Å². The minimum Gasteiger partial charge on any atom is -0.496 e. The van der Waals surface area contributed by atoms with Crippen LogP contribution < -0.4 is 21.1 Å². The molecule has 0 aliphatic carbocycles. The van der Waals surface area contributed by atoms with Gasteiger partial charge in [0.05, 0.1) is 18.7 Å². The Morgan fingerprint density at radius 1 is 1.19 bits per heavy atom. The number of hydrogen-bond donors (Lipinski definition) is 3. The van der Waals surface area contributed by atoms with E-state index in [-0.39, 0.29) is 17.6 Å². The molecule has 0 unspecified atom stereocenters. The molecule has 27 heavy (non-hydrogen) atoms. The van der Waals surface area contributed by atoms with Gasteiger partial charge in [0, 0.05) is 12.2 Å². The summed E-state index contributed by atoms with van der Waals surface area (Å²) in [6, 6.07) is 12.5. The Labute approximate surface area is 159 Å². The number of nitrogens with zero attached hydrogens (tertiary/aromatic N) is 1. The molecule has 0 saturated carbocycles. The predicted molar refractivity (Wildman–Crippen MR) is 106 cm³/mol. The number of likely N-dealkylation sites (N-methyl/N-ethyl adjacent to an activating group) is 1. The van der Waals surface area contributed by atoms with Gasteiger partial charge in [0.2, 0.25) is 0 Å². The number of methoxy groups -OCH3 is 1. The first kappa shape index (κ1) is 20.3. The van der Waals surface area contributed by atoms with Gasteiger partial charge in [-0.15, -0.1) is 0 Å². The molecule has 2 aromatic carbocycles. The van der Waals surface area contributed by atoms with E-state index in [0.717, 1.165) is 5.56 Å². The second-order valence-corrected chi connectivity index (χ2v) is 6.45. The predicted octanol–water partition coefficient (Wildman–Crippen LogP) is 2.53.